The normalized spacial score (nSPS) is 9.73. The summed E-state index contributed by atoms with van der Waals surface area (Å²) in [6.07, 6.45) is 1.47. The van der Waals surface area contributed by atoms with E-state index in [2.05, 4.69) is 22.5 Å². The van der Waals surface area contributed by atoms with E-state index in [1.807, 2.05) is 0 Å². The van der Waals surface area contributed by atoms with E-state index in [0.717, 1.165) is 0 Å². The number of carboxylic acids is 1. The summed E-state index contributed by atoms with van der Waals surface area (Å²) in [6.45, 7) is 3.58. The minimum absolute atomic E-state index is 0.00762. The first-order valence-electron chi connectivity index (χ1n) is 4.03. The highest BCUT2D eigenvalue weighted by atomic mass is 79.9. The lowest BCUT2D eigenvalue weighted by atomic mass is 10.2. The molecule has 0 bridgehead atoms. The van der Waals surface area contributed by atoms with E-state index in [1.165, 1.54) is 18.2 Å². The maximum absolute atomic E-state index is 13.5. The molecule has 3 nitrogen and oxygen atoms in total. The molecule has 0 aliphatic rings. The van der Waals surface area contributed by atoms with Gasteiger partial charge in [-0.05, 0) is 28.1 Å². The Kier molecular flexibility index (Phi) is 3.85. The van der Waals surface area contributed by atoms with Gasteiger partial charge in [-0.1, -0.05) is 12.7 Å². The van der Waals surface area contributed by atoms with E-state index in [9.17, 15) is 9.18 Å². The fraction of sp³-hybridized carbons (Fsp3) is 0.100. The van der Waals surface area contributed by atoms with Crippen LogP contribution in [0.15, 0.2) is 29.3 Å². The summed E-state index contributed by atoms with van der Waals surface area (Å²) in [4.78, 5) is 10.6. The topological polar surface area (TPSA) is 46.5 Å². The first kappa shape index (κ1) is 11.7. The molecule has 5 heteroatoms. The second-order valence-electron chi connectivity index (χ2n) is 2.64. The molecule has 1 aromatic rings. The van der Waals surface area contributed by atoms with Gasteiger partial charge in [-0.3, -0.25) is 0 Å². The van der Waals surface area contributed by atoms with E-state index >= 15 is 0 Å². The average molecular weight is 275 g/mol. The molecule has 0 aliphatic heterocycles. The van der Waals surface area contributed by atoms with Crippen molar-refractivity contribution in [1.29, 1.82) is 0 Å². The molecule has 0 saturated heterocycles. The summed E-state index contributed by atoms with van der Waals surface area (Å²) in [5.41, 5.74) is -0.140. The van der Waals surface area contributed by atoms with Crippen molar-refractivity contribution in [3.05, 3.63) is 40.6 Å². The van der Waals surface area contributed by atoms with Crippen molar-refractivity contribution in [3.8, 4) is 5.75 Å². The lowest BCUT2D eigenvalue weighted by molar-refractivity contribution is 0.0695. The summed E-state index contributed by atoms with van der Waals surface area (Å²) >= 11 is 2.86. The molecule has 0 amide bonds. The Morgan fingerprint density at radius 2 is 2.33 bits per heavy atom. The Balaban J connectivity index is 3.09. The van der Waals surface area contributed by atoms with Crippen molar-refractivity contribution < 1.29 is 19.0 Å². The van der Waals surface area contributed by atoms with Gasteiger partial charge < -0.3 is 9.84 Å². The van der Waals surface area contributed by atoms with Gasteiger partial charge >= 0.3 is 5.97 Å². The Morgan fingerprint density at radius 1 is 1.67 bits per heavy atom. The quantitative estimate of drug-likeness (QED) is 0.859. The predicted molar refractivity (Wildman–Crippen MR) is 56.8 cm³/mol. The maximum atomic E-state index is 13.5. The van der Waals surface area contributed by atoms with Crippen LogP contribution in [-0.2, 0) is 0 Å². The second-order valence-corrected chi connectivity index (χ2v) is 3.44. The van der Waals surface area contributed by atoms with E-state index in [1.54, 1.807) is 0 Å². The molecule has 0 aliphatic carbocycles. The summed E-state index contributed by atoms with van der Waals surface area (Å²) in [7, 11) is 0. The van der Waals surface area contributed by atoms with Crippen LogP contribution in [0.3, 0.4) is 0 Å². The minimum Gasteiger partial charge on any atom is -0.486 e. The molecule has 80 valence electrons. The van der Waals surface area contributed by atoms with Crippen LogP contribution in [0.25, 0.3) is 0 Å². The van der Waals surface area contributed by atoms with Crippen LogP contribution < -0.4 is 4.74 Å². The molecule has 0 aromatic heterocycles. The summed E-state index contributed by atoms with van der Waals surface area (Å²) in [5.74, 6) is -1.93. The number of carboxylic acid groups (broad SMARTS) is 1. The molecular formula is C10H8BrFO3. The van der Waals surface area contributed by atoms with Crippen LogP contribution in [0.5, 0.6) is 5.75 Å². The average Bonchev–Trinajstić information content (AvgIpc) is 2.20. The van der Waals surface area contributed by atoms with Gasteiger partial charge in [0.15, 0.2) is 11.6 Å². The fourth-order valence-electron chi connectivity index (χ4n) is 0.957. The zero-order valence-electron chi connectivity index (χ0n) is 7.67. The van der Waals surface area contributed by atoms with E-state index in [-0.39, 0.29) is 22.4 Å². The van der Waals surface area contributed by atoms with Crippen LogP contribution in [0.2, 0.25) is 0 Å². The van der Waals surface area contributed by atoms with Crippen molar-refractivity contribution in [3.63, 3.8) is 0 Å². The monoisotopic (exact) mass is 274 g/mol. The number of aromatic carboxylic acids is 1. The zero-order chi connectivity index (χ0) is 11.4. The maximum Gasteiger partial charge on any atom is 0.336 e. The van der Waals surface area contributed by atoms with E-state index in [4.69, 9.17) is 9.84 Å². The van der Waals surface area contributed by atoms with Gasteiger partial charge in [0.05, 0.1) is 10.0 Å². The van der Waals surface area contributed by atoms with Crippen LogP contribution >= 0.6 is 15.9 Å². The van der Waals surface area contributed by atoms with E-state index < -0.39 is 11.8 Å². The number of benzene rings is 1. The van der Waals surface area contributed by atoms with E-state index in [0.29, 0.717) is 0 Å². The van der Waals surface area contributed by atoms with Crippen molar-refractivity contribution >= 4 is 21.9 Å². The molecule has 1 N–H and O–H groups in total. The van der Waals surface area contributed by atoms with Gasteiger partial charge in [0.2, 0.25) is 0 Å². The molecular weight excluding hydrogens is 267 g/mol. The van der Waals surface area contributed by atoms with Crippen molar-refractivity contribution in [2.45, 2.75) is 0 Å². The molecule has 0 saturated carbocycles. The van der Waals surface area contributed by atoms with Gasteiger partial charge in [-0.15, -0.1) is 0 Å². The highest BCUT2D eigenvalue weighted by Gasteiger charge is 2.16. The van der Waals surface area contributed by atoms with Gasteiger partial charge in [-0.2, -0.15) is 0 Å². The summed E-state index contributed by atoms with van der Waals surface area (Å²) < 4.78 is 18.3. The molecule has 0 radical (unpaired) electrons. The molecule has 1 aromatic carbocycles. The van der Waals surface area contributed by atoms with Gasteiger partial charge in [0, 0.05) is 0 Å². The summed E-state index contributed by atoms with van der Waals surface area (Å²) in [5, 5.41) is 8.70. The van der Waals surface area contributed by atoms with Crippen LogP contribution in [0, 0.1) is 5.82 Å². The smallest absolute Gasteiger partial charge is 0.336 e. The number of halogens is 2. The van der Waals surface area contributed by atoms with Crippen molar-refractivity contribution in [1.82, 2.24) is 0 Å². The predicted octanol–water partition coefficient (Wildman–Crippen LogP) is 2.85. The minimum atomic E-state index is -1.20. The van der Waals surface area contributed by atoms with Gasteiger partial charge in [-0.25, -0.2) is 9.18 Å². The lowest BCUT2D eigenvalue weighted by Gasteiger charge is -2.07. The third-order valence-electron chi connectivity index (χ3n) is 1.63. The number of carbonyl (C=O) groups is 1. The molecule has 0 spiro atoms. The molecule has 15 heavy (non-hydrogen) atoms. The summed E-state index contributed by atoms with van der Waals surface area (Å²) in [6, 6.07) is 2.54. The third-order valence-corrected chi connectivity index (χ3v) is 2.41. The standard InChI is InChI=1S/C10H8BrFO3/c1-2-5-15-7-4-3-6(10(13)14)8(11)9(7)12/h2-4H,1,5H2,(H,13,14). The number of hydrogen-bond acceptors (Lipinski definition) is 2. The van der Waals surface area contributed by atoms with Crippen LogP contribution in [0.4, 0.5) is 4.39 Å². The van der Waals surface area contributed by atoms with Gasteiger partial charge in [0.25, 0.3) is 0 Å². The SMILES string of the molecule is C=CCOc1ccc(C(=O)O)c(Br)c1F. The largest absolute Gasteiger partial charge is 0.486 e. The highest BCUT2D eigenvalue weighted by molar-refractivity contribution is 9.10. The molecule has 0 heterocycles. The Hall–Kier alpha value is -1.36. The van der Waals surface area contributed by atoms with Crippen molar-refractivity contribution in [2.24, 2.45) is 0 Å². The van der Waals surface area contributed by atoms with Crippen molar-refractivity contribution in [2.75, 3.05) is 6.61 Å². The molecule has 0 fully saturated rings. The van der Waals surface area contributed by atoms with Gasteiger partial charge in [0.1, 0.15) is 6.61 Å². The first-order chi connectivity index (χ1) is 7.07. The number of ether oxygens (including phenoxy) is 1. The number of hydrogen-bond donors (Lipinski definition) is 1. The first-order valence-corrected chi connectivity index (χ1v) is 4.82. The second kappa shape index (κ2) is 4.93. The Morgan fingerprint density at radius 3 is 2.87 bits per heavy atom. The van der Waals surface area contributed by atoms with Crippen LogP contribution in [-0.4, -0.2) is 17.7 Å². The number of rotatable bonds is 4. The molecule has 0 unspecified atom stereocenters. The zero-order valence-corrected chi connectivity index (χ0v) is 9.25. The van der Waals surface area contributed by atoms with Crippen LogP contribution in [0.1, 0.15) is 10.4 Å². The Labute approximate surface area is 94.3 Å². The molecule has 0 atom stereocenters. The highest BCUT2D eigenvalue weighted by Crippen LogP contribution is 2.28. The lowest BCUT2D eigenvalue weighted by Crippen LogP contribution is -2.02. The Bertz CT molecular complexity index is 404. The molecule has 1 rings (SSSR count). The fourth-order valence-corrected chi connectivity index (χ4v) is 1.45. The third kappa shape index (κ3) is 2.56.